The number of nitrogens with one attached hydrogen (secondary N) is 1. The molecular weight excluding hydrogens is 634 g/mol. The Morgan fingerprint density at radius 2 is 1.75 bits per heavy atom. The molecular formula is C30H25F3N4O4S3. The highest BCUT2D eigenvalue weighted by Gasteiger charge is 2.31. The van der Waals surface area contributed by atoms with E-state index in [0.717, 1.165) is 58.2 Å². The molecule has 14 heteroatoms. The molecule has 8 nitrogen and oxygen atoms in total. The van der Waals surface area contributed by atoms with E-state index in [-0.39, 0.29) is 25.5 Å². The van der Waals surface area contributed by atoms with Gasteiger partial charge in [-0.1, -0.05) is 18.6 Å². The maximum absolute atomic E-state index is 13.6. The van der Waals surface area contributed by atoms with Crippen LogP contribution in [0.1, 0.15) is 34.6 Å². The lowest BCUT2D eigenvalue weighted by Crippen LogP contribution is -2.35. The van der Waals surface area contributed by atoms with Crippen LogP contribution in [0.15, 0.2) is 70.4 Å². The molecule has 0 bridgehead atoms. The van der Waals surface area contributed by atoms with Crippen molar-refractivity contribution in [1.29, 1.82) is 5.26 Å². The van der Waals surface area contributed by atoms with Crippen molar-refractivity contribution in [2.24, 2.45) is 0 Å². The summed E-state index contributed by atoms with van der Waals surface area (Å²) in [6.45, 7) is 2.66. The van der Waals surface area contributed by atoms with Crippen molar-refractivity contribution in [3.63, 3.8) is 0 Å². The molecule has 1 aliphatic rings. The van der Waals surface area contributed by atoms with Gasteiger partial charge in [0.05, 0.1) is 20.7 Å². The molecule has 4 aromatic rings. The fourth-order valence-corrected chi connectivity index (χ4v) is 8.30. The van der Waals surface area contributed by atoms with Crippen LogP contribution >= 0.6 is 22.7 Å². The number of halogens is 3. The zero-order chi connectivity index (χ0) is 31.6. The quantitative estimate of drug-likeness (QED) is 0.326. The molecule has 0 spiro atoms. The zero-order valence-corrected chi connectivity index (χ0v) is 25.7. The molecule has 228 valence electrons. The van der Waals surface area contributed by atoms with Gasteiger partial charge in [-0.2, -0.15) is 22.7 Å². The number of alkyl halides is 3. The van der Waals surface area contributed by atoms with E-state index in [1.54, 1.807) is 18.2 Å². The minimum Gasteiger partial charge on any atom is -0.321 e. The first kappa shape index (κ1) is 31.4. The number of hydrogen-bond donors (Lipinski definition) is 1. The number of anilines is 1. The lowest BCUT2D eigenvalue weighted by molar-refractivity contribution is -0.137. The number of carbonyl (C=O) groups is 1. The fourth-order valence-electron chi connectivity index (χ4n) is 4.74. The lowest BCUT2D eigenvalue weighted by Gasteiger charge is -2.26. The van der Waals surface area contributed by atoms with Crippen LogP contribution in [0.25, 0.3) is 17.3 Å². The minimum atomic E-state index is -4.70. The number of carbonyl (C=O) groups excluding carboxylic acids is 1. The van der Waals surface area contributed by atoms with Gasteiger partial charge in [0.2, 0.25) is 10.0 Å². The van der Waals surface area contributed by atoms with Gasteiger partial charge in [0.1, 0.15) is 10.7 Å². The highest BCUT2D eigenvalue weighted by molar-refractivity contribution is 7.89. The minimum absolute atomic E-state index is 0.0316. The molecule has 2 aromatic heterocycles. The average Bonchev–Trinajstić information content (AvgIpc) is 3.55. The summed E-state index contributed by atoms with van der Waals surface area (Å²) >= 11 is 2.19. The number of piperidine rings is 1. The van der Waals surface area contributed by atoms with E-state index in [4.69, 9.17) is 0 Å². The highest BCUT2D eigenvalue weighted by Crippen LogP contribution is 2.30. The van der Waals surface area contributed by atoms with Gasteiger partial charge < -0.3 is 5.32 Å². The topological polar surface area (TPSA) is 112 Å². The van der Waals surface area contributed by atoms with Crippen LogP contribution in [0.5, 0.6) is 0 Å². The Bertz CT molecular complexity index is 2070. The summed E-state index contributed by atoms with van der Waals surface area (Å²) in [4.78, 5) is 28.7. The third-order valence-corrected chi connectivity index (χ3v) is 10.8. The smallest absolute Gasteiger partial charge is 0.321 e. The summed E-state index contributed by atoms with van der Waals surface area (Å²) in [5, 5.41) is 12.6. The molecule has 1 fully saturated rings. The van der Waals surface area contributed by atoms with Crippen LogP contribution < -0.4 is 20.1 Å². The molecule has 44 heavy (non-hydrogen) atoms. The maximum atomic E-state index is 13.6. The molecule has 3 heterocycles. The second-order valence-corrected chi connectivity index (χ2v) is 14.3. The van der Waals surface area contributed by atoms with Gasteiger partial charge in [-0.3, -0.25) is 14.2 Å². The molecule has 5 rings (SSSR count). The van der Waals surface area contributed by atoms with Crippen molar-refractivity contribution in [3.05, 3.63) is 95.5 Å². The number of rotatable bonds is 6. The molecule has 1 amide bonds. The number of benzene rings is 2. The van der Waals surface area contributed by atoms with Gasteiger partial charge in [0, 0.05) is 28.5 Å². The van der Waals surface area contributed by atoms with E-state index < -0.39 is 38.8 Å². The summed E-state index contributed by atoms with van der Waals surface area (Å²) in [5.41, 5.74) is -2.33. The van der Waals surface area contributed by atoms with Crippen molar-refractivity contribution in [2.45, 2.75) is 37.3 Å². The Hall–Kier alpha value is -4.03. The van der Waals surface area contributed by atoms with E-state index in [1.165, 1.54) is 46.0 Å². The van der Waals surface area contributed by atoms with Crippen LogP contribution in [0, 0.1) is 18.3 Å². The molecule has 1 aliphatic heterocycles. The number of aryl methyl sites for hydroxylation is 1. The predicted molar refractivity (Wildman–Crippen MR) is 163 cm³/mol. The van der Waals surface area contributed by atoms with Crippen molar-refractivity contribution in [3.8, 4) is 11.8 Å². The van der Waals surface area contributed by atoms with Gasteiger partial charge in [-0.15, -0.1) is 22.7 Å². The zero-order valence-electron chi connectivity index (χ0n) is 23.2. The summed E-state index contributed by atoms with van der Waals surface area (Å²) in [6.07, 6.45) is -0.709. The van der Waals surface area contributed by atoms with Crippen molar-refractivity contribution in [1.82, 2.24) is 8.87 Å². The average molecular weight is 659 g/mol. The number of nitriles is 1. The van der Waals surface area contributed by atoms with Crippen molar-refractivity contribution in [2.75, 3.05) is 18.4 Å². The maximum Gasteiger partial charge on any atom is 0.416 e. The van der Waals surface area contributed by atoms with E-state index in [1.807, 2.05) is 13.0 Å². The number of aromatic nitrogens is 1. The molecule has 0 saturated carbocycles. The van der Waals surface area contributed by atoms with E-state index in [9.17, 15) is 36.4 Å². The Kier molecular flexibility index (Phi) is 8.94. The third kappa shape index (κ3) is 6.56. The van der Waals surface area contributed by atoms with Crippen LogP contribution in [-0.2, 0) is 21.0 Å². The molecule has 0 atom stereocenters. The molecule has 2 aromatic carbocycles. The summed E-state index contributed by atoms with van der Waals surface area (Å²) < 4.78 is 69.2. The Balaban J connectivity index is 1.63. The monoisotopic (exact) mass is 658 g/mol. The van der Waals surface area contributed by atoms with Crippen molar-refractivity contribution < 1.29 is 26.4 Å². The molecule has 1 saturated heterocycles. The number of thiazole rings is 1. The normalized spacial score (nSPS) is 15.6. The number of amides is 1. The van der Waals surface area contributed by atoms with Crippen molar-refractivity contribution >= 4 is 55.9 Å². The molecule has 0 unspecified atom stereocenters. The van der Waals surface area contributed by atoms with E-state index in [2.05, 4.69) is 5.32 Å². The second-order valence-electron chi connectivity index (χ2n) is 9.99. The Morgan fingerprint density at radius 1 is 1.02 bits per heavy atom. The first-order valence-corrected chi connectivity index (χ1v) is 16.5. The number of sulfonamides is 1. The van der Waals surface area contributed by atoms with Gasteiger partial charge in [0.25, 0.3) is 11.5 Å². The number of hydrogen-bond acceptors (Lipinski definition) is 7. The van der Waals surface area contributed by atoms with E-state index in [0.29, 0.717) is 18.0 Å². The third-order valence-electron chi connectivity index (χ3n) is 6.89. The molecule has 1 N–H and O–H groups in total. The van der Waals surface area contributed by atoms with Gasteiger partial charge in [0.15, 0.2) is 5.57 Å². The Morgan fingerprint density at radius 3 is 2.41 bits per heavy atom. The molecule has 0 aliphatic carbocycles. The number of thiophene rings is 1. The SMILES string of the molecule is Cc1ccc(/C=c2/s/c(=C(/C#N)C(=O)Nc3cccc(S(=O)(=O)N4CCCCC4)c3)n(-c3cccc(C(F)(F)F)c3)c2=O)s1. The predicted octanol–water partition coefficient (Wildman–Crippen LogP) is 4.60. The highest BCUT2D eigenvalue weighted by atomic mass is 32.2. The summed E-state index contributed by atoms with van der Waals surface area (Å²) in [6, 6.07) is 15.1. The van der Waals surface area contributed by atoms with E-state index >= 15 is 0 Å². The van der Waals surface area contributed by atoms with Gasteiger partial charge in [-0.25, -0.2) is 8.42 Å². The fraction of sp³-hybridized carbons (Fsp3) is 0.233. The number of nitrogens with zero attached hydrogens (tertiary/aromatic N) is 3. The first-order chi connectivity index (χ1) is 20.9. The van der Waals surface area contributed by atoms with Gasteiger partial charge >= 0.3 is 6.18 Å². The standard InChI is InChI=1S/C30H25F3N4O4S3/c1-19-11-12-23(42-19)17-26-28(39)37(22-9-5-7-20(15-22)30(31,32)33)29(43-26)25(18-34)27(38)35-21-8-6-10-24(16-21)44(40,41)36-13-3-2-4-14-36/h5-12,15-17H,2-4,13-14H2,1H3,(H,35,38)/b26-17+,29-25-. The molecule has 0 radical (unpaired) electrons. The summed E-state index contributed by atoms with van der Waals surface area (Å²) in [7, 11) is -3.82. The largest absolute Gasteiger partial charge is 0.416 e. The first-order valence-electron chi connectivity index (χ1n) is 13.4. The van der Waals surface area contributed by atoms with Crippen LogP contribution in [0.2, 0.25) is 0 Å². The second kappa shape index (κ2) is 12.5. The van der Waals surface area contributed by atoms with Crippen LogP contribution in [0.3, 0.4) is 0 Å². The Labute approximate surface area is 258 Å². The van der Waals surface area contributed by atoms with Crippen LogP contribution in [-0.4, -0.2) is 36.3 Å². The van der Waals surface area contributed by atoms with Gasteiger partial charge in [-0.05, 0) is 74.4 Å². The van der Waals surface area contributed by atoms with Crippen LogP contribution in [0.4, 0.5) is 18.9 Å². The lowest BCUT2D eigenvalue weighted by atomic mass is 10.2. The summed E-state index contributed by atoms with van der Waals surface area (Å²) in [5.74, 6) is -0.958.